The van der Waals surface area contributed by atoms with Crippen molar-refractivity contribution in [3.63, 3.8) is 0 Å². The fourth-order valence-corrected chi connectivity index (χ4v) is 3.69. The zero-order valence-corrected chi connectivity index (χ0v) is 14.7. The molecule has 4 rings (SSSR count). The van der Waals surface area contributed by atoms with E-state index < -0.39 is 0 Å². The van der Waals surface area contributed by atoms with Crippen molar-refractivity contribution in [2.24, 2.45) is 7.05 Å². The predicted octanol–water partition coefficient (Wildman–Crippen LogP) is 2.38. The van der Waals surface area contributed by atoms with Crippen molar-refractivity contribution in [3.05, 3.63) is 59.8 Å². The number of halogens is 1. The third kappa shape index (κ3) is 3.10. The van der Waals surface area contributed by atoms with Gasteiger partial charge in [-0.3, -0.25) is 9.69 Å². The Morgan fingerprint density at radius 2 is 1.96 bits per heavy atom. The second-order valence-electron chi connectivity index (χ2n) is 6.76. The first kappa shape index (κ1) is 16.8. The number of nitrogens with one attached hydrogen (secondary N) is 1. The van der Waals surface area contributed by atoms with Crippen LogP contribution in [-0.2, 0) is 7.05 Å². The number of imidazole rings is 1. The van der Waals surface area contributed by atoms with E-state index in [1.165, 1.54) is 12.1 Å². The van der Waals surface area contributed by atoms with E-state index in [2.05, 4.69) is 15.3 Å². The Morgan fingerprint density at radius 1 is 1.23 bits per heavy atom. The molecule has 136 valence electrons. The van der Waals surface area contributed by atoms with Crippen LogP contribution < -0.4 is 5.32 Å². The van der Waals surface area contributed by atoms with Gasteiger partial charge in [0.2, 0.25) is 0 Å². The number of rotatable bonds is 5. The molecule has 2 aromatic heterocycles. The first-order valence-electron chi connectivity index (χ1n) is 8.90. The Balaban J connectivity index is 1.53. The molecular weight excluding hydrogens is 333 g/mol. The van der Waals surface area contributed by atoms with Gasteiger partial charge in [-0.2, -0.15) is 5.10 Å². The minimum atomic E-state index is -0.246. The highest BCUT2D eigenvalue weighted by molar-refractivity contribution is 5.99. The largest absolute Gasteiger partial charge is 0.350 e. The summed E-state index contributed by atoms with van der Waals surface area (Å²) in [6.45, 7) is 2.47. The van der Waals surface area contributed by atoms with E-state index in [0.717, 1.165) is 37.1 Å². The van der Waals surface area contributed by atoms with Crippen LogP contribution in [0.2, 0.25) is 0 Å². The van der Waals surface area contributed by atoms with Gasteiger partial charge in [0.15, 0.2) is 0 Å². The summed E-state index contributed by atoms with van der Waals surface area (Å²) in [4.78, 5) is 15.1. The molecular formula is C19H22FN5O. The Labute approximate surface area is 151 Å². The SMILES string of the molecule is Cn1ccn2ncc(C(=O)NC[C@H](c3ccc(F)cc3)N3CCCC3)c12. The number of hydrogen-bond donors (Lipinski definition) is 1. The van der Waals surface area contributed by atoms with E-state index in [1.807, 2.05) is 24.0 Å². The van der Waals surface area contributed by atoms with Gasteiger partial charge in [-0.25, -0.2) is 8.91 Å². The average Bonchev–Trinajstić information content (AvgIpc) is 3.36. The zero-order valence-electron chi connectivity index (χ0n) is 14.7. The zero-order chi connectivity index (χ0) is 18.1. The number of fused-ring (bicyclic) bond motifs is 1. The lowest BCUT2D eigenvalue weighted by molar-refractivity contribution is 0.0939. The van der Waals surface area contributed by atoms with E-state index in [0.29, 0.717) is 12.1 Å². The predicted molar refractivity (Wildman–Crippen MR) is 96.4 cm³/mol. The third-order valence-corrected chi connectivity index (χ3v) is 5.07. The number of aromatic nitrogens is 3. The molecule has 0 unspecified atom stereocenters. The van der Waals surface area contributed by atoms with Crippen LogP contribution in [0.5, 0.6) is 0 Å². The topological polar surface area (TPSA) is 54.6 Å². The molecule has 1 saturated heterocycles. The molecule has 7 heteroatoms. The maximum Gasteiger partial charge on any atom is 0.256 e. The first-order chi connectivity index (χ1) is 12.6. The van der Waals surface area contributed by atoms with Gasteiger partial charge < -0.3 is 9.88 Å². The normalized spacial score (nSPS) is 16.2. The monoisotopic (exact) mass is 355 g/mol. The fourth-order valence-electron chi connectivity index (χ4n) is 3.69. The fraction of sp³-hybridized carbons (Fsp3) is 0.368. The number of hydrogen-bond acceptors (Lipinski definition) is 3. The molecule has 0 bridgehead atoms. The smallest absolute Gasteiger partial charge is 0.256 e. The lowest BCUT2D eigenvalue weighted by Crippen LogP contribution is -2.36. The number of carbonyl (C=O) groups excluding carboxylic acids is 1. The van der Waals surface area contributed by atoms with Crippen molar-refractivity contribution in [2.45, 2.75) is 18.9 Å². The van der Waals surface area contributed by atoms with E-state index in [1.54, 1.807) is 22.8 Å². The molecule has 1 aromatic carbocycles. The summed E-state index contributed by atoms with van der Waals surface area (Å²) < 4.78 is 16.9. The summed E-state index contributed by atoms with van der Waals surface area (Å²) in [5.41, 5.74) is 2.34. The molecule has 1 fully saturated rings. The summed E-state index contributed by atoms with van der Waals surface area (Å²) in [5.74, 6) is -0.392. The van der Waals surface area contributed by atoms with Crippen LogP contribution in [0.3, 0.4) is 0 Å². The second-order valence-corrected chi connectivity index (χ2v) is 6.76. The number of amides is 1. The van der Waals surface area contributed by atoms with Crippen LogP contribution in [0.25, 0.3) is 5.65 Å². The van der Waals surface area contributed by atoms with Gasteiger partial charge in [0.1, 0.15) is 17.0 Å². The van der Waals surface area contributed by atoms with Gasteiger partial charge >= 0.3 is 0 Å². The van der Waals surface area contributed by atoms with E-state index in [-0.39, 0.29) is 17.8 Å². The molecule has 3 aromatic rings. The van der Waals surface area contributed by atoms with E-state index >= 15 is 0 Å². The maximum atomic E-state index is 13.3. The van der Waals surface area contributed by atoms with Crippen LogP contribution >= 0.6 is 0 Å². The second kappa shape index (κ2) is 6.92. The molecule has 1 N–H and O–H groups in total. The van der Waals surface area contributed by atoms with Crippen molar-refractivity contribution in [1.82, 2.24) is 24.4 Å². The number of aryl methyl sites for hydroxylation is 1. The third-order valence-electron chi connectivity index (χ3n) is 5.07. The van der Waals surface area contributed by atoms with Crippen molar-refractivity contribution in [1.29, 1.82) is 0 Å². The van der Waals surface area contributed by atoms with Crippen LogP contribution in [-0.4, -0.2) is 44.6 Å². The standard InChI is InChI=1S/C19H22FN5O/c1-23-10-11-25-19(23)16(12-22-25)18(26)21-13-17(24-8-2-3-9-24)14-4-6-15(20)7-5-14/h4-7,10-12,17H,2-3,8-9,13H2,1H3,(H,21,26)/t17-/m1/s1. The van der Waals surface area contributed by atoms with Crippen LogP contribution in [0.4, 0.5) is 4.39 Å². The first-order valence-corrected chi connectivity index (χ1v) is 8.90. The molecule has 3 heterocycles. The van der Waals surface area contributed by atoms with E-state index in [9.17, 15) is 9.18 Å². The van der Waals surface area contributed by atoms with Gasteiger partial charge in [0.05, 0.1) is 12.2 Å². The quantitative estimate of drug-likeness (QED) is 0.765. The number of likely N-dealkylation sites (tertiary alicyclic amines) is 1. The van der Waals surface area contributed by atoms with Crippen molar-refractivity contribution in [3.8, 4) is 0 Å². The number of nitrogens with zero attached hydrogens (tertiary/aromatic N) is 4. The Kier molecular flexibility index (Phi) is 4.46. The summed E-state index contributed by atoms with van der Waals surface area (Å²) in [6, 6.07) is 6.61. The Morgan fingerprint density at radius 3 is 2.69 bits per heavy atom. The Hall–Kier alpha value is -2.67. The van der Waals surface area contributed by atoms with Crippen molar-refractivity contribution >= 4 is 11.6 Å². The minimum Gasteiger partial charge on any atom is -0.350 e. The maximum absolute atomic E-state index is 13.3. The summed E-state index contributed by atoms with van der Waals surface area (Å²) in [7, 11) is 1.89. The molecule has 1 aliphatic heterocycles. The highest BCUT2D eigenvalue weighted by Gasteiger charge is 2.25. The lowest BCUT2D eigenvalue weighted by Gasteiger charge is -2.28. The lowest BCUT2D eigenvalue weighted by atomic mass is 10.1. The molecule has 0 aliphatic carbocycles. The summed E-state index contributed by atoms with van der Waals surface area (Å²) in [5, 5.41) is 7.26. The molecule has 0 spiro atoms. The van der Waals surface area contributed by atoms with Crippen molar-refractivity contribution < 1.29 is 9.18 Å². The molecule has 6 nitrogen and oxygen atoms in total. The van der Waals surface area contributed by atoms with Crippen LogP contribution in [0.15, 0.2) is 42.9 Å². The summed E-state index contributed by atoms with van der Waals surface area (Å²) >= 11 is 0. The van der Waals surface area contributed by atoms with Gasteiger partial charge in [-0.05, 0) is 43.6 Å². The molecule has 26 heavy (non-hydrogen) atoms. The van der Waals surface area contributed by atoms with Gasteiger partial charge in [0, 0.05) is 26.0 Å². The number of benzene rings is 1. The van der Waals surface area contributed by atoms with Gasteiger partial charge in [-0.1, -0.05) is 12.1 Å². The van der Waals surface area contributed by atoms with Crippen LogP contribution in [0.1, 0.15) is 34.8 Å². The molecule has 1 aliphatic rings. The average molecular weight is 355 g/mol. The molecule has 0 saturated carbocycles. The minimum absolute atomic E-state index is 0.0431. The molecule has 1 atom stereocenters. The van der Waals surface area contributed by atoms with Crippen LogP contribution in [0, 0.1) is 5.82 Å². The van der Waals surface area contributed by atoms with Crippen molar-refractivity contribution in [2.75, 3.05) is 19.6 Å². The Bertz CT molecular complexity index is 908. The molecule has 0 radical (unpaired) electrons. The number of carbonyl (C=O) groups is 1. The highest BCUT2D eigenvalue weighted by atomic mass is 19.1. The highest BCUT2D eigenvalue weighted by Crippen LogP contribution is 2.25. The van der Waals surface area contributed by atoms with Gasteiger partial charge in [-0.15, -0.1) is 0 Å². The molecule has 1 amide bonds. The van der Waals surface area contributed by atoms with Gasteiger partial charge in [0.25, 0.3) is 5.91 Å². The van der Waals surface area contributed by atoms with E-state index in [4.69, 9.17) is 0 Å². The summed E-state index contributed by atoms with van der Waals surface area (Å²) in [6.07, 6.45) is 7.58.